The number of aryl methyl sites for hydroxylation is 1. The summed E-state index contributed by atoms with van der Waals surface area (Å²) in [5.74, 6) is 0.623. The number of rotatable bonds is 4. The number of hydrogen-bond donors (Lipinski definition) is 0. The maximum atomic E-state index is 11.9. The van der Waals surface area contributed by atoms with Crippen molar-refractivity contribution in [2.24, 2.45) is 5.92 Å². The van der Waals surface area contributed by atoms with Gasteiger partial charge < -0.3 is 0 Å². The molecule has 0 saturated carbocycles. The quantitative estimate of drug-likeness (QED) is 0.564. The third-order valence-electron chi connectivity index (χ3n) is 4.07. The lowest BCUT2D eigenvalue weighted by Gasteiger charge is -2.09. The van der Waals surface area contributed by atoms with Crippen LogP contribution in [0.1, 0.15) is 35.3 Å². The van der Waals surface area contributed by atoms with Crippen LogP contribution in [0.3, 0.4) is 0 Å². The van der Waals surface area contributed by atoms with Gasteiger partial charge in [-0.2, -0.15) is 0 Å². The van der Waals surface area contributed by atoms with Crippen molar-refractivity contribution in [2.45, 2.75) is 27.2 Å². The topological polar surface area (TPSA) is 30.0 Å². The molecule has 0 saturated heterocycles. The first-order valence-corrected chi connectivity index (χ1v) is 8.52. The highest BCUT2D eigenvalue weighted by atomic mass is 35.5. The minimum absolute atomic E-state index is 0.453. The van der Waals surface area contributed by atoms with E-state index in [0.29, 0.717) is 11.5 Å². The average Bonchev–Trinajstić information content (AvgIpc) is 2.54. The number of carbonyl (C=O) groups excluding carboxylic acids is 1. The normalized spacial score (nSPS) is 11.2. The molecule has 0 fully saturated rings. The molecule has 0 aliphatic heterocycles. The molecule has 0 bridgehead atoms. The Morgan fingerprint density at radius 1 is 1.08 bits per heavy atom. The fraction of sp³-hybridized carbons (Fsp3) is 0.238. The van der Waals surface area contributed by atoms with Gasteiger partial charge in [-0.05, 0) is 54.6 Å². The lowest BCUT2D eigenvalue weighted by molar-refractivity contribution is 0.108. The number of aromatic nitrogens is 1. The summed E-state index contributed by atoms with van der Waals surface area (Å²) in [6.45, 7) is 6.40. The molecule has 0 spiro atoms. The first kappa shape index (κ1) is 16.7. The van der Waals surface area contributed by atoms with E-state index >= 15 is 0 Å². The van der Waals surface area contributed by atoms with Gasteiger partial charge in [0.15, 0.2) is 0 Å². The van der Waals surface area contributed by atoms with Crippen LogP contribution in [0.15, 0.2) is 48.5 Å². The Morgan fingerprint density at radius 2 is 1.79 bits per heavy atom. The Hall–Kier alpha value is -2.19. The van der Waals surface area contributed by atoms with Gasteiger partial charge in [0.2, 0.25) is 0 Å². The van der Waals surface area contributed by atoms with Gasteiger partial charge in [0.05, 0.1) is 11.2 Å². The van der Waals surface area contributed by atoms with E-state index in [9.17, 15) is 4.79 Å². The van der Waals surface area contributed by atoms with Gasteiger partial charge in [-0.25, -0.2) is 4.98 Å². The van der Waals surface area contributed by atoms with Gasteiger partial charge in [0, 0.05) is 16.5 Å². The Kier molecular flexibility index (Phi) is 4.68. The van der Waals surface area contributed by atoms with Crippen molar-refractivity contribution < 1.29 is 4.79 Å². The SMILES string of the molecule is Cc1ccc2nc(-c3ccc(CC(C)C)cc3)cc(C(=O)Cl)c2c1. The van der Waals surface area contributed by atoms with Crippen molar-refractivity contribution >= 4 is 27.7 Å². The molecule has 0 aliphatic carbocycles. The van der Waals surface area contributed by atoms with Crippen molar-refractivity contribution in [3.05, 3.63) is 65.2 Å². The number of pyridine rings is 1. The number of nitrogens with zero attached hydrogens (tertiary/aromatic N) is 1. The number of fused-ring (bicyclic) bond motifs is 1. The first-order valence-electron chi connectivity index (χ1n) is 8.14. The highest BCUT2D eigenvalue weighted by Crippen LogP contribution is 2.27. The van der Waals surface area contributed by atoms with Crippen LogP contribution < -0.4 is 0 Å². The molecule has 0 unspecified atom stereocenters. The summed E-state index contributed by atoms with van der Waals surface area (Å²) in [5.41, 5.74) is 5.43. The number of hydrogen-bond acceptors (Lipinski definition) is 2. The van der Waals surface area contributed by atoms with Crippen LogP contribution in [0.2, 0.25) is 0 Å². The highest BCUT2D eigenvalue weighted by molar-refractivity contribution is 6.68. The summed E-state index contributed by atoms with van der Waals surface area (Å²) in [7, 11) is 0. The molecule has 0 radical (unpaired) electrons. The van der Waals surface area contributed by atoms with E-state index in [4.69, 9.17) is 16.6 Å². The molecule has 0 amide bonds. The Morgan fingerprint density at radius 3 is 2.42 bits per heavy atom. The molecule has 2 aromatic carbocycles. The van der Waals surface area contributed by atoms with Crippen LogP contribution in [-0.4, -0.2) is 10.2 Å². The van der Waals surface area contributed by atoms with E-state index in [2.05, 4.69) is 38.1 Å². The second-order valence-corrected chi connectivity index (χ2v) is 6.99. The number of benzene rings is 2. The lowest BCUT2D eigenvalue weighted by atomic mass is 9.99. The van der Waals surface area contributed by atoms with Crippen LogP contribution >= 0.6 is 11.6 Å². The van der Waals surface area contributed by atoms with E-state index in [0.717, 1.165) is 34.1 Å². The number of halogens is 1. The largest absolute Gasteiger partial charge is 0.276 e. The van der Waals surface area contributed by atoms with Gasteiger partial charge in [0.1, 0.15) is 0 Å². The Labute approximate surface area is 147 Å². The molecule has 3 aromatic rings. The molecule has 0 N–H and O–H groups in total. The molecule has 24 heavy (non-hydrogen) atoms. The van der Waals surface area contributed by atoms with Gasteiger partial charge in [-0.1, -0.05) is 49.7 Å². The molecule has 0 aliphatic rings. The maximum absolute atomic E-state index is 11.9. The summed E-state index contributed by atoms with van der Waals surface area (Å²) in [6, 6.07) is 16.0. The van der Waals surface area contributed by atoms with Crippen LogP contribution in [0.5, 0.6) is 0 Å². The molecule has 0 atom stereocenters. The monoisotopic (exact) mass is 337 g/mol. The summed E-state index contributed by atoms with van der Waals surface area (Å²) >= 11 is 5.81. The smallest absolute Gasteiger partial charge is 0.253 e. The maximum Gasteiger partial charge on any atom is 0.253 e. The molecule has 122 valence electrons. The third kappa shape index (κ3) is 3.49. The minimum Gasteiger partial charge on any atom is -0.276 e. The van der Waals surface area contributed by atoms with Crippen molar-refractivity contribution in [3.63, 3.8) is 0 Å². The van der Waals surface area contributed by atoms with Gasteiger partial charge >= 0.3 is 0 Å². The van der Waals surface area contributed by atoms with Crippen molar-refractivity contribution in [1.82, 2.24) is 4.98 Å². The van der Waals surface area contributed by atoms with E-state index in [1.54, 1.807) is 6.07 Å². The van der Waals surface area contributed by atoms with Gasteiger partial charge in [0.25, 0.3) is 5.24 Å². The van der Waals surface area contributed by atoms with Crippen molar-refractivity contribution in [1.29, 1.82) is 0 Å². The second kappa shape index (κ2) is 6.74. The summed E-state index contributed by atoms with van der Waals surface area (Å²) < 4.78 is 0. The second-order valence-electron chi connectivity index (χ2n) is 6.64. The zero-order valence-corrected chi connectivity index (χ0v) is 14.9. The fourth-order valence-corrected chi connectivity index (χ4v) is 3.09. The van der Waals surface area contributed by atoms with Crippen molar-refractivity contribution in [3.8, 4) is 11.3 Å². The average molecular weight is 338 g/mol. The molecule has 3 heteroatoms. The standard InChI is InChI=1S/C21H20ClNO/c1-13(2)10-15-5-7-16(8-6-15)20-12-18(21(22)24)17-11-14(3)4-9-19(17)23-20/h4-9,11-13H,10H2,1-3H3. The summed E-state index contributed by atoms with van der Waals surface area (Å²) in [6.07, 6.45) is 1.05. The van der Waals surface area contributed by atoms with E-state index in [1.165, 1.54) is 5.56 Å². The zero-order valence-electron chi connectivity index (χ0n) is 14.1. The van der Waals surface area contributed by atoms with Crippen LogP contribution in [0.25, 0.3) is 22.2 Å². The van der Waals surface area contributed by atoms with E-state index in [1.807, 2.05) is 25.1 Å². The Bertz CT molecular complexity index is 898. The number of carbonyl (C=O) groups is 1. The molecule has 1 aromatic heterocycles. The van der Waals surface area contributed by atoms with Gasteiger partial charge in [-0.15, -0.1) is 0 Å². The van der Waals surface area contributed by atoms with Crippen LogP contribution in [0.4, 0.5) is 0 Å². The predicted octanol–water partition coefficient (Wildman–Crippen LogP) is 5.79. The zero-order chi connectivity index (χ0) is 17.3. The van der Waals surface area contributed by atoms with E-state index < -0.39 is 5.24 Å². The summed E-state index contributed by atoms with van der Waals surface area (Å²) in [4.78, 5) is 16.6. The van der Waals surface area contributed by atoms with Gasteiger partial charge in [-0.3, -0.25) is 4.79 Å². The molecule has 1 heterocycles. The van der Waals surface area contributed by atoms with E-state index in [-0.39, 0.29) is 0 Å². The lowest BCUT2D eigenvalue weighted by Crippen LogP contribution is -1.97. The Balaban J connectivity index is 2.09. The molecule has 2 nitrogen and oxygen atoms in total. The van der Waals surface area contributed by atoms with Crippen LogP contribution in [-0.2, 0) is 6.42 Å². The summed E-state index contributed by atoms with van der Waals surface area (Å²) in [5, 5.41) is 0.348. The van der Waals surface area contributed by atoms with Crippen molar-refractivity contribution in [2.75, 3.05) is 0 Å². The minimum atomic E-state index is -0.453. The molecule has 3 rings (SSSR count). The molecular weight excluding hydrogens is 318 g/mol. The predicted molar refractivity (Wildman–Crippen MR) is 101 cm³/mol. The first-order chi connectivity index (χ1) is 11.4. The molecular formula is C21H20ClNO. The third-order valence-corrected chi connectivity index (χ3v) is 4.27. The van der Waals surface area contributed by atoms with Crippen LogP contribution in [0, 0.1) is 12.8 Å². The highest BCUT2D eigenvalue weighted by Gasteiger charge is 2.12. The fourth-order valence-electron chi connectivity index (χ4n) is 2.93.